The molecule has 0 saturated heterocycles. The van der Waals surface area contributed by atoms with Crippen molar-refractivity contribution < 1.29 is 19.7 Å². The second-order valence-corrected chi connectivity index (χ2v) is 4.54. The number of aliphatic hydroxyl groups excluding tert-OH is 1. The molecule has 0 saturated carbocycles. The molecule has 4 heteroatoms. The van der Waals surface area contributed by atoms with Crippen molar-refractivity contribution in [2.45, 2.75) is 32.0 Å². The van der Waals surface area contributed by atoms with Crippen LogP contribution in [0.1, 0.15) is 20.3 Å². The number of Topliss-reactive ketones (excluding diaryl/α,β-unsaturated/α-hetero) is 1. The molecular formula is C13H16O4. The highest BCUT2D eigenvalue weighted by molar-refractivity contribution is 6.04. The first kappa shape index (κ1) is 12.1. The fourth-order valence-corrected chi connectivity index (χ4v) is 2.07. The van der Waals surface area contributed by atoms with Crippen molar-refractivity contribution in [2.24, 2.45) is 0 Å². The molecule has 0 aromatic rings. The SMILES string of the molecule is C/C=C/C1=CC2=C(CO1)C(=O)C(C)(O)C(O)C2. The molecule has 2 unspecified atom stereocenters. The molecule has 0 fully saturated rings. The third-order valence-electron chi connectivity index (χ3n) is 3.21. The van der Waals surface area contributed by atoms with Gasteiger partial charge in [0.25, 0.3) is 0 Å². The van der Waals surface area contributed by atoms with Crippen LogP contribution in [-0.4, -0.2) is 34.3 Å². The number of carbonyl (C=O) groups is 1. The first-order valence-electron chi connectivity index (χ1n) is 5.61. The first-order valence-corrected chi connectivity index (χ1v) is 5.61. The van der Waals surface area contributed by atoms with Gasteiger partial charge in [-0.05, 0) is 31.6 Å². The lowest BCUT2D eigenvalue weighted by molar-refractivity contribution is -0.145. The molecule has 0 aromatic carbocycles. The summed E-state index contributed by atoms with van der Waals surface area (Å²) in [7, 11) is 0. The van der Waals surface area contributed by atoms with Gasteiger partial charge in [-0.25, -0.2) is 0 Å². The maximum absolute atomic E-state index is 12.0. The molecular weight excluding hydrogens is 220 g/mol. The molecule has 0 amide bonds. The van der Waals surface area contributed by atoms with E-state index in [4.69, 9.17) is 4.74 Å². The number of aliphatic hydroxyl groups is 2. The Kier molecular flexibility index (Phi) is 2.93. The van der Waals surface area contributed by atoms with Gasteiger partial charge in [0.2, 0.25) is 0 Å². The maximum atomic E-state index is 12.0. The number of ether oxygens (including phenoxy) is 1. The molecule has 4 nitrogen and oxygen atoms in total. The average molecular weight is 236 g/mol. The topological polar surface area (TPSA) is 66.8 Å². The zero-order valence-electron chi connectivity index (χ0n) is 9.93. The van der Waals surface area contributed by atoms with Gasteiger partial charge in [-0.2, -0.15) is 0 Å². The highest BCUT2D eigenvalue weighted by atomic mass is 16.5. The van der Waals surface area contributed by atoms with E-state index >= 15 is 0 Å². The molecule has 0 spiro atoms. The molecule has 1 aliphatic heterocycles. The van der Waals surface area contributed by atoms with Gasteiger partial charge in [0.05, 0.1) is 6.10 Å². The van der Waals surface area contributed by atoms with Gasteiger partial charge in [0.15, 0.2) is 11.4 Å². The van der Waals surface area contributed by atoms with Crippen molar-refractivity contribution in [3.05, 3.63) is 35.1 Å². The Morgan fingerprint density at radius 1 is 1.59 bits per heavy atom. The Morgan fingerprint density at radius 3 is 2.94 bits per heavy atom. The molecule has 2 N–H and O–H groups in total. The van der Waals surface area contributed by atoms with E-state index in [1.54, 1.807) is 12.2 Å². The molecule has 2 atom stereocenters. The zero-order chi connectivity index (χ0) is 12.6. The standard InChI is InChI=1S/C13H16O4/c1-3-4-9-5-8-6-11(14)13(2,16)12(15)10(8)7-17-9/h3-5,11,14,16H,6-7H2,1-2H3/b4-3+. The van der Waals surface area contributed by atoms with E-state index in [-0.39, 0.29) is 13.0 Å². The van der Waals surface area contributed by atoms with Crippen LogP contribution >= 0.6 is 0 Å². The van der Waals surface area contributed by atoms with Crippen LogP contribution in [0.4, 0.5) is 0 Å². The predicted octanol–water partition coefficient (Wildman–Crippen LogP) is 0.858. The summed E-state index contributed by atoms with van der Waals surface area (Å²) in [6.45, 7) is 3.38. The number of hydrogen-bond acceptors (Lipinski definition) is 4. The quantitative estimate of drug-likeness (QED) is 0.708. The normalized spacial score (nSPS) is 33.5. The molecule has 92 valence electrons. The van der Waals surface area contributed by atoms with Crippen molar-refractivity contribution >= 4 is 5.78 Å². The number of rotatable bonds is 1. The summed E-state index contributed by atoms with van der Waals surface area (Å²) in [4.78, 5) is 12.0. The van der Waals surface area contributed by atoms with Crippen LogP contribution in [0.2, 0.25) is 0 Å². The minimum absolute atomic E-state index is 0.160. The second kappa shape index (κ2) is 4.13. The van der Waals surface area contributed by atoms with Crippen LogP contribution in [0.15, 0.2) is 35.1 Å². The fraction of sp³-hybridized carbons (Fsp3) is 0.462. The van der Waals surface area contributed by atoms with Crippen LogP contribution < -0.4 is 0 Å². The smallest absolute Gasteiger partial charge is 0.196 e. The van der Waals surface area contributed by atoms with Crippen molar-refractivity contribution in [1.29, 1.82) is 0 Å². The molecule has 1 aliphatic carbocycles. The van der Waals surface area contributed by atoms with Gasteiger partial charge in [0.1, 0.15) is 12.4 Å². The van der Waals surface area contributed by atoms with E-state index in [0.29, 0.717) is 11.3 Å². The van der Waals surface area contributed by atoms with E-state index in [1.165, 1.54) is 6.92 Å². The van der Waals surface area contributed by atoms with Crippen LogP contribution in [0.3, 0.4) is 0 Å². The minimum atomic E-state index is -1.70. The summed E-state index contributed by atoms with van der Waals surface area (Å²) in [6, 6.07) is 0. The van der Waals surface area contributed by atoms with Gasteiger partial charge >= 0.3 is 0 Å². The average Bonchev–Trinajstić information content (AvgIpc) is 2.27. The summed E-state index contributed by atoms with van der Waals surface area (Å²) in [5.74, 6) is 0.231. The number of hydrogen-bond donors (Lipinski definition) is 2. The summed E-state index contributed by atoms with van der Waals surface area (Å²) in [5, 5.41) is 19.7. The molecule has 0 bridgehead atoms. The van der Waals surface area contributed by atoms with Crippen molar-refractivity contribution in [2.75, 3.05) is 6.61 Å². The third kappa shape index (κ3) is 1.94. The van der Waals surface area contributed by atoms with E-state index < -0.39 is 17.5 Å². The first-order chi connectivity index (χ1) is 7.96. The fourth-order valence-electron chi connectivity index (χ4n) is 2.07. The maximum Gasteiger partial charge on any atom is 0.196 e. The van der Waals surface area contributed by atoms with Gasteiger partial charge in [-0.1, -0.05) is 6.08 Å². The lowest BCUT2D eigenvalue weighted by Gasteiger charge is -2.35. The lowest BCUT2D eigenvalue weighted by atomic mass is 9.77. The van der Waals surface area contributed by atoms with Gasteiger partial charge < -0.3 is 14.9 Å². The van der Waals surface area contributed by atoms with Crippen LogP contribution in [0.25, 0.3) is 0 Å². The van der Waals surface area contributed by atoms with Crippen molar-refractivity contribution in [3.63, 3.8) is 0 Å². The van der Waals surface area contributed by atoms with Gasteiger partial charge in [-0.15, -0.1) is 0 Å². The molecule has 0 aromatic heterocycles. The summed E-state index contributed by atoms with van der Waals surface area (Å²) in [5.41, 5.74) is -0.476. The zero-order valence-corrected chi connectivity index (χ0v) is 9.93. The lowest BCUT2D eigenvalue weighted by Crippen LogP contribution is -2.51. The second-order valence-electron chi connectivity index (χ2n) is 4.54. The molecule has 2 rings (SSSR count). The van der Waals surface area contributed by atoms with Crippen molar-refractivity contribution in [1.82, 2.24) is 0 Å². The van der Waals surface area contributed by atoms with Crippen LogP contribution in [0.5, 0.6) is 0 Å². The predicted molar refractivity (Wildman–Crippen MR) is 62.1 cm³/mol. The molecule has 1 heterocycles. The Morgan fingerprint density at radius 2 is 2.29 bits per heavy atom. The highest BCUT2D eigenvalue weighted by Gasteiger charge is 2.45. The van der Waals surface area contributed by atoms with Crippen molar-refractivity contribution in [3.8, 4) is 0 Å². The Hall–Kier alpha value is -1.39. The van der Waals surface area contributed by atoms with E-state index in [9.17, 15) is 15.0 Å². The Balaban J connectivity index is 2.39. The molecule has 0 radical (unpaired) electrons. The van der Waals surface area contributed by atoms with Gasteiger partial charge in [-0.3, -0.25) is 4.79 Å². The largest absolute Gasteiger partial charge is 0.489 e. The Labute approximate surface area is 99.9 Å². The summed E-state index contributed by atoms with van der Waals surface area (Å²) in [6.07, 6.45) is 4.60. The number of allylic oxidation sites excluding steroid dienone is 3. The van der Waals surface area contributed by atoms with E-state index in [2.05, 4.69) is 0 Å². The third-order valence-corrected chi connectivity index (χ3v) is 3.21. The Bertz CT molecular complexity index is 440. The van der Waals surface area contributed by atoms with E-state index in [1.807, 2.05) is 13.0 Å². The number of ketones is 1. The monoisotopic (exact) mass is 236 g/mol. The molecule has 2 aliphatic rings. The van der Waals surface area contributed by atoms with Gasteiger partial charge in [0, 0.05) is 12.0 Å². The van der Waals surface area contributed by atoms with E-state index in [0.717, 1.165) is 5.57 Å². The van der Waals surface area contributed by atoms with Crippen LogP contribution in [0, 0.1) is 0 Å². The van der Waals surface area contributed by atoms with Crippen LogP contribution in [-0.2, 0) is 9.53 Å². The summed E-state index contributed by atoms with van der Waals surface area (Å²) >= 11 is 0. The number of carbonyl (C=O) groups excluding carboxylic acids is 1. The minimum Gasteiger partial charge on any atom is -0.489 e. The molecule has 17 heavy (non-hydrogen) atoms. The highest BCUT2D eigenvalue weighted by Crippen LogP contribution is 2.34. The summed E-state index contributed by atoms with van der Waals surface area (Å²) < 4.78 is 5.39.